The number of hydrogen-bond acceptors (Lipinski definition) is 3. The maximum atomic E-state index is 10.7. The Bertz CT molecular complexity index is 184. The van der Waals surface area contributed by atoms with Gasteiger partial charge in [-0.1, -0.05) is 26.2 Å². The van der Waals surface area contributed by atoms with Crippen molar-refractivity contribution in [2.75, 3.05) is 6.61 Å². The van der Waals surface area contributed by atoms with Gasteiger partial charge in [0.1, 0.15) is 0 Å². The second kappa shape index (κ2) is 8.15. The molecule has 2 amide bonds. The smallest absolute Gasteiger partial charge is 0.426 e. The summed E-state index contributed by atoms with van der Waals surface area (Å²) < 4.78 is 4.66. The average molecular weight is 204 g/mol. The van der Waals surface area contributed by atoms with Gasteiger partial charge in [-0.3, -0.25) is 0 Å². The third kappa shape index (κ3) is 8.63. The fourth-order valence-corrected chi connectivity index (χ4v) is 0.834. The molecular weight excluding hydrogens is 188 g/mol. The summed E-state index contributed by atoms with van der Waals surface area (Å²) >= 11 is 0. The van der Waals surface area contributed by atoms with E-state index in [1.807, 2.05) is 5.43 Å². The second-order valence-corrected chi connectivity index (χ2v) is 2.75. The topological polar surface area (TPSA) is 87.7 Å². The normalized spacial score (nSPS) is 9.21. The number of carbonyl (C=O) groups excluding carboxylic acids is 1. The van der Waals surface area contributed by atoms with Gasteiger partial charge in [-0.2, -0.15) is 0 Å². The summed E-state index contributed by atoms with van der Waals surface area (Å²) in [4.78, 5) is 20.7. The third-order valence-corrected chi connectivity index (χ3v) is 1.50. The first-order valence-corrected chi connectivity index (χ1v) is 4.58. The quantitative estimate of drug-likeness (QED) is 0.467. The van der Waals surface area contributed by atoms with Crippen molar-refractivity contribution in [2.45, 2.75) is 32.6 Å². The standard InChI is InChI=1S/C8H16N2O4/c1-2-3-4-5-6-14-8(13)10-9-7(11)12/h9H,2-6H2,1H3,(H,10,13)(H,11,12). The first-order valence-electron chi connectivity index (χ1n) is 4.58. The van der Waals surface area contributed by atoms with E-state index in [0.29, 0.717) is 6.61 Å². The Labute approximate surface area is 82.6 Å². The highest BCUT2D eigenvalue weighted by atomic mass is 16.6. The van der Waals surface area contributed by atoms with Crippen LogP contribution in [0.3, 0.4) is 0 Å². The van der Waals surface area contributed by atoms with Gasteiger partial charge in [-0.15, -0.1) is 0 Å². The Hall–Kier alpha value is -1.46. The highest BCUT2D eigenvalue weighted by molar-refractivity contribution is 5.72. The Balaban J connectivity index is 3.22. The predicted octanol–water partition coefficient (Wildman–Crippen LogP) is 1.48. The van der Waals surface area contributed by atoms with Crippen LogP contribution in [0.15, 0.2) is 0 Å². The molecular formula is C8H16N2O4. The number of nitrogens with one attached hydrogen (secondary N) is 2. The van der Waals surface area contributed by atoms with E-state index in [1.54, 1.807) is 5.43 Å². The Kier molecular flexibility index (Phi) is 7.30. The summed E-state index contributed by atoms with van der Waals surface area (Å²) in [6.45, 7) is 2.40. The van der Waals surface area contributed by atoms with Crippen LogP contribution in [0, 0.1) is 0 Å². The molecule has 0 aromatic carbocycles. The van der Waals surface area contributed by atoms with Crippen LogP contribution in [0.1, 0.15) is 32.6 Å². The summed E-state index contributed by atoms with van der Waals surface area (Å²) in [5.74, 6) is 0. The molecule has 0 rings (SSSR count). The summed E-state index contributed by atoms with van der Waals surface area (Å²) in [6.07, 6.45) is 1.94. The zero-order valence-corrected chi connectivity index (χ0v) is 8.21. The minimum absolute atomic E-state index is 0.313. The molecule has 0 aliphatic carbocycles. The summed E-state index contributed by atoms with van der Waals surface area (Å²) in [6, 6.07) is 0. The van der Waals surface area contributed by atoms with Crippen molar-refractivity contribution in [3.63, 3.8) is 0 Å². The van der Waals surface area contributed by atoms with Gasteiger partial charge in [0.25, 0.3) is 0 Å². The van der Waals surface area contributed by atoms with Crippen LogP contribution in [0.4, 0.5) is 9.59 Å². The van der Waals surface area contributed by atoms with Crippen molar-refractivity contribution in [3.05, 3.63) is 0 Å². The number of hydrazine groups is 1. The van der Waals surface area contributed by atoms with E-state index in [1.165, 1.54) is 0 Å². The van der Waals surface area contributed by atoms with Crippen LogP contribution >= 0.6 is 0 Å². The molecule has 6 heteroatoms. The summed E-state index contributed by atoms with van der Waals surface area (Å²) in [5, 5.41) is 8.12. The highest BCUT2D eigenvalue weighted by Crippen LogP contribution is 1.98. The van der Waals surface area contributed by atoms with Gasteiger partial charge in [0.15, 0.2) is 0 Å². The number of rotatable bonds is 5. The maximum absolute atomic E-state index is 10.7. The van der Waals surface area contributed by atoms with Gasteiger partial charge >= 0.3 is 12.2 Å². The lowest BCUT2D eigenvalue weighted by atomic mass is 10.2. The summed E-state index contributed by atoms with van der Waals surface area (Å²) in [7, 11) is 0. The molecule has 0 radical (unpaired) electrons. The minimum Gasteiger partial charge on any atom is -0.464 e. The van der Waals surface area contributed by atoms with Crippen molar-refractivity contribution < 1.29 is 19.4 Å². The Morgan fingerprint density at radius 2 is 1.93 bits per heavy atom. The molecule has 0 atom stereocenters. The van der Waals surface area contributed by atoms with E-state index < -0.39 is 12.2 Å². The molecule has 0 unspecified atom stereocenters. The molecule has 0 fully saturated rings. The van der Waals surface area contributed by atoms with Gasteiger partial charge in [0.05, 0.1) is 6.61 Å². The first kappa shape index (κ1) is 12.5. The largest absolute Gasteiger partial charge is 0.464 e. The molecule has 3 N–H and O–H groups in total. The third-order valence-electron chi connectivity index (χ3n) is 1.50. The molecule has 0 aliphatic heterocycles. The van der Waals surface area contributed by atoms with Gasteiger partial charge < -0.3 is 9.84 Å². The number of ether oxygens (including phenoxy) is 1. The van der Waals surface area contributed by atoms with E-state index in [2.05, 4.69) is 11.7 Å². The van der Waals surface area contributed by atoms with Crippen molar-refractivity contribution in [3.8, 4) is 0 Å². The molecule has 14 heavy (non-hydrogen) atoms. The Morgan fingerprint density at radius 3 is 2.50 bits per heavy atom. The van der Waals surface area contributed by atoms with Crippen molar-refractivity contribution >= 4 is 12.2 Å². The van der Waals surface area contributed by atoms with Gasteiger partial charge in [-0.05, 0) is 6.42 Å². The fraction of sp³-hybridized carbons (Fsp3) is 0.750. The molecule has 0 spiro atoms. The lowest BCUT2D eigenvalue weighted by molar-refractivity contribution is 0.135. The minimum atomic E-state index is -1.33. The van der Waals surface area contributed by atoms with E-state index in [-0.39, 0.29) is 0 Å². The van der Waals surface area contributed by atoms with Gasteiger partial charge in [0.2, 0.25) is 0 Å². The van der Waals surface area contributed by atoms with E-state index in [0.717, 1.165) is 25.7 Å². The van der Waals surface area contributed by atoms with E-state index >= 15 is 0 Å². The maximum Gasteiger partial charge on any atom is 0.426 e. The lowest BCUT2D eigenvalue weighted by Gasteiger charge is -2.05. The van der Waals surface area contributed by atoms with Crippen molar-refractivity contribution in [2.24, 2.45) is 0 Å². The molecule has 0 bridgehead atoms. The second-order valence-electron chi connectivity index (χ2n) is 2.75. The van der Waals surface area contributed by atoms with Crippen LogP contribution < -0.4 is 10.9 Å². The molecule has 0 saturated heterocycles. The number of carboxylic acid groups (broad SMARTS) is 1. The van der Waals surface area contributed by atoms with Crippen LogP contribution in [-0.4, -0.2) is 23.9 Å². The number of unbranched alkanes of at least 4 members (excludes halogenated alkanes) is 3. The van der Waals surface area contributed by atoms with E-state index in [4.69, 9.17) is 5.11 Å². The zero-order chi connectivity index (χ0) is 10.8. The van der Waals surface area contributed by atoms with E-state index in [9.17, 15) is 9.59 Å². The number of carbonyl (C=O) groups is 2. The highest BCUT2D eigenvalue weighted by Gasteiger charge is 2.01. The van der Waals surface area contributed by atoms with Crippen LogP contribution in [0.25, 0.3) is 0 Å². The van der Waals surface area contributed by atoms with Crippen LogP contribution in [0.2, 0.25) is 0 Å². The average Bonchev–Trinajstić information content (AvgIpc) is 2.14. The Morgan fingerprint density at radius 1 is 1.21 bits per heavy atom. The molecule has 6 nitrogen and oxygen atoms in total. The fourth-order valence-electron chi connectivity index (χ4n) is 0.834. The number of hydrogen-bond donors (Lipinski definition) is 3. The number of amides is 2. The molecule has 0 aliphatic rings. The van der Waals surface area contributed by atoms with Crippen LogP contribution in [-0.2, 0) is 4.74 Å². The SMILES string of the molecule is CCCCCCOC(=O)NNC(=O)O. The summed E-state index contributed by atoms with van der Waals surface area (Å²) in [5.41, 5.74) is 3.55. The monoisotopic (exact) mass is 204 g/mol. The van der Waals surface area contributed by atoms with Crippen molar-refractivity contribution in [1.82, 2.24) is 10.9 Å². The molecule has 0 aromatic rings. The molecule has 0 aromatic heterocycles. The van der Waals surface area contributed by atoms with Crippen LogP contribution in [0.5, 0.6) is 0 Å². The molecule has 82 valence electrons. The van der Waals surface area contributed by atoms with Gasteiger partial charge in [0, 0.05) is 0 Å². The lowest BCUT2D eigenvalue weighted by Crippen LogP contribution is -2.41. The predicted molar refractivity (Wildman–Crippen MR) is 49.8 cm³/mol. The molecule has 0 heterocycles. The first-order chi connectivity index (χ1) is 6.66. The zero-order valence-electron chi connectivity index (χ0n) is 8.21. The van der Waals surface area contributed by atoms with Gasteiger partial charge in [-0.25, -0.2) is 20.4 Å². The van der Waals surface area contributed by atoms with Crippen molar-refractivity contribution in [1.29, 1.82) is 0 Å². The molecule has 0 saturated carbocycles.